The highest BCUT2D eigenvalue weighted by atomic mass is 32.1. The van der Waals surface area contributed by atoms with E-state index in [9.17, 15) is 19.5 Å². The fourth-order valence-corrected chi connectivity index (χ4v) is 6.79. The van der Waals surface area contributed by atoms with E-state index < -0.39 is 23.7 Å². The number of nitrogens with one attached hydrogen (secondary N) is 2. The second-order valence-corrected chi connectivity index (χ2v) is 15.1. The Morgan fingerprint density at radius 3 is 2.42 bits per heavy atom. The standard InChI is InChI=1S/C37H53N5O7S/c1-24(2)32(30-20-31(41-49-30)47-18-12-10-8-7-9-11-17-38-36(46)48-37(4,5)6)35(45)42-22-28(43)19-29(42)34(44)39-21-26-13-15-27(16-14-26)33-25(3)40-23-50-33/h13-16,20,23-24,28-29,32,43H,7-12,17-19,21-22H2,1-6H3,(H,38,46)(H,39,44)/t28-,29+,32-/m1/s1. The number of hydrogen-bond acceptors (Lipinski definition) is 10. The number of thiazole rings is 1. The fraction of sp³-hybridized carbons (Fsp3) is 0.595. The molecule has 3 amide bonds. The number of carbonyl (C=O) groups is 3. The summed E-state index contributed by atoms with van der Waals surface area (Å²) < 4.78 is 16.6. The molecule has 3 heterocycles. The number of alkyl carbamates (subject to hydrolysis) is 1. The van der Waals surface area contributed by atoms with Crippen LogP contribution in [0.3, 0.4) is 0 Å². The quantitative estimate of drug-likeness (QED) is 0.136. The van der Waals surface area contributed by atoms with Crippen molar-refractivity contribution in [3.63, 3.8) is 0 Å². The molecule has 12 nitrogen and oxygen atoms in total. The lowest BCUT2D eigenvalue weighted by molar-refractivity contribution is -0.141. The normalized spacial score (nSPS) is 16.8. The van der Waals surface area contributed by atoms with E-state index in [1.165, 1.54) is 4.90 Å². The molecule has 4 rings (SSSR count). The van der Waals surface area contributed by atoms with Gasteiger partial charge in [0, 0.05) is 32.1 Å². The molecule has 1 aliphatic heterocycles. The average Bonchev–Trinajstić information content (AvgIpc) is 3.80. The number of nitrogens with zero attached hydrogens (tertiary/aromatic N) is 3. The van der Waals surface area contributed by atoms with Crippen LogP contribution in [0.15, 0.2) is 40.4 Å². The van der Waals surface area contributed by atoms with Crippen molar-refractivity contribution in [1.29, 1.82) is 0 Å². The molecule has 0 saturated carbocycles. The highest BCUT2D eigenvalue weighted by Gasteiger charge is 2.43. The van der Waals surface area contributed by atoms with Crippen LogP contribution >= 0.6 is 11.3 Å². The van der Waals surface area contributed by atoms with E-state index in [-0.39, 0.29) is 36.8 Å². The first-order valence-electron chi connectivity index (χ1n) is 17.6. The first-order chi connectivity index (χ1) is 23.8. The number of ether oxygens (including phenoxy) is 2. The molecule has 3 aromatic rings. The van der Waals surface area contributed by atoms with E-state index in [0.717, 1.165) is 60.2 Å². The zero-order valence-electron chi connectivity index (χ0n) is 30.2. The van der Waals surface area contributed by atoms with Crippen LogP contribution in [-0.2, 0) is 20.9 Å². The first kappa shape index (κ1) is 38.8. The molecule has 0 spiro atoms. The number of aliphatic hydroxyl groups excluding tert-OH is 1. The van der Waals surface area contributed by atoms with Crippen molar-refractivity contribution in [1.82, 2.24) is 25.7 Å². The molecule has 0 bridgehead atoms. The number of benzene rings is 1. The van der Waals surface area contributed by atoms with Gasteiger partial charge < -0.3 is 34.6 Å². The Labute approximate surface area is 299 Å². The minimum absolute atomic E-state index is 0.0702. The molecule has 2 aromatic heterocycles. The summed E-state index contributed by atoms with van der Waals surface area (Å²) in [5, 5.41) is 20.3. The zero-order chi connectivity index (χ0) is 36.3. The van der Waals surface area contributed by atoms with Gasteiger partial charge in [-0.3, -0.25) is 9.59 Å². The Hall–Kier alpha value is -3.97. The lowest BCUT2D eigenvalue weighted by Gasteiger charge is -2.28. The molecule has 1 saturated heterocycles. The molecule has 1 aromatic carbocycles. The Morgan fingerprint density at radius 1 is 1.06 bits per heavy atom. The number of β-amino-alcohol motifs (C(OH)–C–C–N with tert-alkyl or cyclic N) is 1. The molecular weight excluding hydrogens is 659 g/mol. The summed E-state index contributed by atoms with van der Waals surface area (Å²) >= 11 is 1.59. The third kappa shape index (κ3) is 11.5. The van der Waals surface area contributed by atoms with Gasteiger partial charge in [0.25, 0.3) is 5.88 Å². The second kappa shape index (κ2) is 18.3. The maximum Gasteiger partial charge on any atom is 0.407 e. The zero-order valence-corrected chi connectivity index (χ0v) is 31.0. The van der Waals surface area contributed by atoms with Gasteiger partial charge in [0.1, 0.15) is 17.6 Å². The van der Waals surface area contributed by atoms with Crippen LogP contribution in [-0.4, -0.2) is 75.5 Å². The molecule has 1 aliphatic rings. The maximum atomic E-state index is 13.9. The highest BCUT2D eigenvalue weighted by molar-refractivity contribution is 7.13. The Morgan fingerprint density at radius 2 is 1.76 bits per heavy atom. The first-order valence-corrected chi connectivity index (χ1v) is 18.5. The van der Waals surface area contributed by atoms with Crippen molar-refractivity contribution >= 4 is 29.2 Å². The van der Waals surface area contributed by atoms with Crippen LogP contribution in [0.1, 0.15) is 102 Å². The molecule has 3 N–H and O–H groups in total. The number of unbranched alkanes of at least 4 members (excludes halogenated alkanes) is 5. The molecular formula is C37H53N5O7S. The summed E-state index contributed by atoms with van der Waals surface area (Å²) in [6, 6.07) is 8.82. The maximum absolute atomic E-state index is 13.9. The number of aromatic nitrogens is 2. The van der Waals surface area contributed by atoms with Crippen molar-refractivity contribution < 1.29 is 33.5 Å². The van der Waals surface area contributed by atoms with Crippen LogP contribution in [0.2, 0.25) is 0 Å². The molecule has 3 atom stereocenters. The SMILES string of the molecule is Cc1ncsc1-c1ccc(CNC(=O)[C@@H]2C[C@@H](O)CN2C(=O)[C@@H](c2cc(OCCCCCCCCNC(=O)OC(C)(C)C)no2)C(C)C)cc1. The van der Waals surface area contributed by atoms with E-state index >= 15 is 0 Å². The summed E-state index contributed by atoms with van der Waals surface area (Å²) in [4.78, 5) is 45.8. The van der Waals surface area contributed by atoms with E-state index in [0.29, 0.717) is 31.3 Å². The lowest BCUT2D eigenvalue weighted by Crippen LogP contribution is -2.48. The van der Waals surface area contributed by atoms with Gasteiger partial charge in [0.15, 0.2) is 5.76 Å². The number of aliphatic hydroxyl groups is 1. The third-order valence-electron chi connectivity index (χ3n) is 8.53. The van der Waals surface area contributed by atoms with Gasteiger partial charge in [-0.15, -0.1) is 11.3 Å². The number of rotatable bonds is 17. The van der Waals surface area contributed by atoms with E-state index in [2.05, 4.69) is 20.8 Å². The van der Waals surface area contributed by atoms with Gasteiger partial charge in [-0.1, -0.05) is 63.8 Å². The third-order valence-corrected chi connectivity index (χ3v) is 9.51. The van der Waals surface area contributed by atoms with Gasteiger partial charge in [-0.25, -0.2) is 9.78 Å². The minimum atomic E-state index is -0.799. The molecule has 274 valence electrons. The minimum Gasteiger partial charge on any atom is -0.476 e. The summed E-state index contributed by atoms with van der Waals surface area (Å²) in [7, 11) is 0. The number of aryl methyl sites for hydroxylation is 1. The van der Waals surface area contributed by atoms with E-state index in [4.69, 9.17) is 14.0 Å². The van der Waals surface area contributed by atoms with Crippen LogP contribution in [0.25, 0.3) is 10.4 Å². The van der Waals surface area contributed by atoms with Crippen LogP contribution in [0.5, 0.6) is 5.88 Å². The van der Waals surface area contributed by atoms with Gasteiger partial charge >= 0.3 is 6.09 Å². The van der Waals surface area contributed by atoms with Gasteiger partial charge in [0.05, 0.1) is 28.8 Å². The van der Waals surface area contributed by atoms with Gasteiger partial charge in [-0.05, 0) is 62.7 Å². The molecule has 13 heteroatoms. The van der Waals surface area contributed by atoms with Crippen LogP contribution in [0.4, 0.5) is 4.79 Å². The predicted molar refractivity (Wildman–Crippen MR) is 192 cm³/mol. The Kier molecular flexibility index (Phi) is 14.2. The molecule has 50 heavy (non-hydrogen) atoms. The largest absolute Gasteiger partial charge is 0.476 e. The molecule has 0 unspecified atom stereocenters. The van der Waals surface area contributed by atoms with Crippen molar-refractivity contribution in [2.45, 2.75) is 117 Å². The second-order valence-electron chi connectivity index (χ2n) is 14.3. The van der Waals surface area contributed by atoms with E-state index in [1.54, 1.807) is 17.4 Å². The van der Waals surface area contributed by atoms with Gasteiger partial charge in [0.2, 0.25) is 11.8 Å². The summed E-state index contributed by atoms with van der Waals surface area (Å²) in [6.45, 7) is 12.8. The van der Waals surface area contributed by atoms with Crippen LogP contribution < -0.4 is 15.4 Å². The topological polar surface area (TPSA) is 156 Å². The lowest BCUT2D eigenvalue weighted by atomic mass is 9.91. The van der Waals surface area contributed by atoms with Crippen molar-refractivity contribution in [3.8, 4) is 16.3 Å². The fourth-order valence-electron chi connectivity index (χ4n) is 5.98. The van der Waals surface area contributed by atoms with Crippen LogP contribution in [0, 0.1) is 12.8 Å². The number of hydrogen-bond donors (Lipinski definition) is 3. The smallest absolute Gasteiger partial charge is 0.407 e. The highest BCUT2D eigenvalue weighted by Crippen LogP contribution is 2.33. The Balaban J connectivity index is 1.20. The number of amides is 3. The van der Waals surface area contributed by atoms with Gasteiger partial charge in [-0.2, -0.15) is 0 Å². The Bertz CT molecular complexity index is 1530. The monoisotopic (exact) mass is 711 g/mol. The van der Waals surface area contributed by atoms with Crippen molar-refractivity contribution in [2.24, 2.45) is 5.92 Å². The number of carbonyl (C=O) groups excluding carboxylic acids is 3. The molecule has 0 radical (unpaired) electrons. The average molecular weight is 712 g/mol. The molecule has 0 aliphatic carbocycles. The predicted octanol–water partition coefficient (Wildman–Crippen LogP) is 6.37. The number of likely N-dealkylation sites (tertiary alicyclic amines) is 1. The van der Waals surface area contributed by atoms with E-state index in [1.807, 2.05) is 71.3 Å². The summed E-state index contributed by atoms with van der Waals surface area (Å²) in [5.74, 6) is -0.739. The van der Waals surface area contributed by atoms with Crippen molar-refractivity contribution in [3.05, 3.63) is 52.9 Å². The summed E-state index contributed by atoms with van der Waals surface area (Å²) in [6.07, 6.45) is 4.87. The molecule has 1 fully saturated rings. The summed E-state index contributed by atoms with van der Waals surface area (Å²) in [5.41, 5.74) is 4.32. The van der Waals surface area contributed by atoms with Crippen molar-refractivity contribution in [2.75, 3.05) is 19.7 Å².